The lowest BCUT2D eigenvalue weighted by molar-refractivity contribution is 0.213. The van der Waals surface area contributed by atoms with E-state index in [4.69, 9.17) is 18.6 Å². The zero-order valence-corrected chi connectivity index (χ0v) is 19.2. The third kappa shape index (κ3) is 5.64. The van der Waals surface area contributed by atoms with E-state index >= 15 is 0 Å². The molecular formula is C23H34N4O4. The van der Waals surface area contributed by atoms with Crippen molar-refractivity contribution in [3.05, 3.63) is 41.3 Å². The number of benzene rings is 1. The summed E-state index contributed by atoms with van der Waals surface area (Å²) in [5.74, 6) is 4.49. The first-order valence-electron chi connectivity index (χ1n) is 10.6. The second kappa shape index (κ2) is 10.9. The topological polar surface area (TPSA) is 80.5 Å². The molecular weight excluding hydrogens is 396 g/mol. The van der Waals surface area contributed by atoms with Gasteiger partial charge >= 0.3 is 0 Å². The van der Waals surface area contributed by atoms with E-state index in [1.807, 2.05) is 25.1 Å². The average Bonchev–Trinajstić information content (AvgIpc) is 3.47. The van der Waals surface area contributed by atoms with Crippen molar-refractivity contribution in [1.82, 2.24) is 15.5 Å². The molecule has 0 spiro atoms. The highest BCUT2D eigenvalue weighted by Crippen LogP contribution is 2.38. The summed E-state index contributed by atoms with van der Waals surface area (Å²) in [5.41, 5.74) is 0.996. The van der Waals surface area contributed by atoms with E-state index < -0.39 is 0 Å². The van der Waals surface area contributed by atoms with Gasteiger partial charge in [-0.1, -0.05) is 0 Å². The van der Waals surface area contributed by atoms with Gasteiger partial charge in [0.25, 0.3) is 0 Å². The minimum Gasteiger partial charge on any atom is -0.493 e. The summed E-state index contributed by atoms with van der Waals surface area (Å²) in [6.45, 7) is 5.43. The van der Waals surface area contributed by atoms with Crippen molar-refractivity contribution in [2.45, 2.75) is 32.4 Å². The zero-order chi connectivity index (χ0) is 22.2. The van der Waals surface area contributed by atoms with Crippen LogP contribution < -0.4 is 24.8 Å². The molecule has 8 nitrogen and oxygen atoms in total. The molecule has 3 rings (SSSR count). The molecule has 0 amide bonds. The molecule has 2 N–H and O–H groups in total. The third-order valence-electron chi connectivity index (χ3n) is 5.54. The Balaban J connectivity index is 1.65. The van der Waals surface area contributed by atoms with Crippen LogP contribution in [0.1, 0.15) is 36.0 Å². The minimum absolute atomic E-state index is 0.177. The molecule has 170 valence electrons. The molecule has 0 aliphatic carbocycles. The maximum Gasteiger partial charge on any atom is 0.203 e. The number of ether oxygens (including phenoxy) is 3. The number of rotatable bonds is 9. The quantitative estimate of drug-likeness (QED) is 0.467. The number of hydrogen-bond acceptors (Lipinski definition) is 6. The summed E-state index contributed by atoms with van der Waals surface area (Å²) in [7, 11) is 6.60. The van der Waals surface area contributed by atoms with Crippen LogP contribution in [0.15, 0.2) is 33.7 Å². The van der Waals surface area contributed by atoms with Crippen LogP contribution in [0.5, 0.6) is 17.2 Å². The Morgan fingerprint density at radius 2 is 1.74 bits per heavy atom. The molecule has 0 bridgehead atoms. The Hall–Kier alpha value is -2.87. The summed E-state index contributed by atoms with van der Waals surface area (Å²) >= 11 is 0. The molecule has 1 atom stereocenters. The average molecular weight is 431 g/mol. The van der Waals surface area contributed by atoms with Gasteiger partial charge in [0.1, 0.15) is 11.5 Å². The van der Waals surface area contributed by atoms with E-state index in [0.717, 1.165) is 36.1 Å². The number of nitrogens with one attached hydrogen (secondary N) is 2. The van der Waals surface area contributed by atoms with Crippen molar-refractivity contribution in [2.24, 2.45) is 4.99 Å². The maximum atomic E-state index is 5.94. The van der Waals surface area contributed by atoms with Crippen LogP contribution in [0, 0.1) is 6.92 Å². The van der Waals surface area contributed by atoms with Crippen LogP contribution in [0.4, 0.5) is 0 Å². The Labute approximate surface area is 184 Å². The number of likely N-dealkylation sites (tertiary alicyclic amines) is 1. The van der Waals surface area contributed by atoms with Crippen LogP contribution in [0.2, 0.25) is 0 Å². The first-order valence-corrected chi connectivity index (χ1v) is 10.6. The number of methoxy groups -OCH3 is 3. The number of hydrogen-bond donors (Lipinski definition) is 2. The van der Waals surface area contributed by atoms with Gasteiger partial charge in [-0.2, -0.15) is 0 Å². The number of nitrogens with zero attached hydrogens (tertiary/aromatic N) is 2. The van der Waals surface area contributed by atoms with Gasteiger partial charge in [-0.3, -0.25) is 9.89 Å². The highest BCUT2D eigenvalue weighted by molar-refractivity contribution is 5.79. The van der Waals surface area contributed by atoms with Gasteiger partial charge in [-0.15, -0.1) is 0 Å². The van der Waals surface area contributed by atoms with Gasteiger partial charge < -0.3 is 29.3 Å². The molecule has 0 radical (unpaired) electrons. The van der Waals surface area contributed by atoms with E-state index in [1.54, 1.807) is 28.4 Å². The van der Waals surface area contributed by atoms with Gasteiger partial charge in [0.2, 0.25) is 5.75 Å². The summed E-state index contributed by atoms with van der Waals surface area (Å²) in [4.78, 5) is 6.85. The summed E-state index contributed by atoms with van der Waals surface area (Å²) in [5, 5.41) is 6.82. The highest BCUT2D eigenvalue weighted by atomic mass is 16.5. The molecule has 8 heteroatoms. The largest absolute Gasteiger partial charge is 0.493 e. The molecule has 1 fully saturated rings. The lowest BCUT2D eigenvalue weighted by atomic mass is 10.1. The molecule has 1 saturated heterocycles. The van der Waals surface area contributed by atoms with E-state index in [2.05, 4.69) is 26.6 Å². The van der Waals surface area contributed by atoms with Gasteiger partial charge in [0, 0.05) is 20.1 Å². The first-order chi connectivity index (χ1) is 15.1. The maximum absolute atomic E-state index is 5.94. The Morgan fingerprint density at radius 3 is 2.26 bits per heavy atom. The van der Waals surface area contributed by atoms with Crippen molar-refractivity contribution in [1.29, 1.82) is 0 Å². The number of furan rings is 1. The van der Waals surface area contributed by atoms with Crippen LogP contribution in [0.25, 0.3) is 0 Å². The molecule has 0 saturated carbocycles. The fourth-order valence-electron chi connectivity index (χ4n) is 3.93. The summed E-state index contributed by atoms with van der Waals surface area (Å²) in [6.07, 6.45) is 2.45. The lowest BCUT2D eigenvalue weighted by Crippen LogP contribution is -2.42. The standard InChI is InChI=1S/C23H34N4O4/c1-16-8-9-19(31-16)18(27-10-6-7-11-27)15-26-23(24-2)25-14-17-12-20(28-3)22(30-5)21(13-17)29-4/h8-9,12-13,18H,6-7,10-11,14-15H2,1-5H3,(H2,24,25,26). The van der Waals surface area contributed by atoms with Crippen molar-refractivity contribution in [2.75, 3.05) is 48.0 Å². The lowest BCUT2D eigenvalue weighted by Gasteiger charge is -2.27. The minimum atomic E-state index is 0.177. The molecule has 1 unspecified atom stereocenters. The van der Waals surface area contributed by atoms with E-state index in [9.17, 15) is 0 Å². The van der Waals surface area contributed by atoms with Crippen molar-refractivity contribution in [3.63, 3.8) is 0 Å². The van der Waals surface area contributed by atoms with Crippen LogP contribution in [0.3, 0.4) is 0 Å². The van der Waals surface area contributed by atoms with Gasteiger partial charge in [0.05, 0.1) is 27.4 Å². The molecule has 1 aliphatic heterocycles. The fourth-order valence-corrected chi connectivity index (χ4v) is 3.93. The Bertz CT molecular complexity index is 849. The normalized spacial score (nSPS) is 15.6. The predicted octanol–water partition coefficient (Wildman–Crippen LogP) is 3.12. The zero-order valence-electron chi connectivity index (χ0n) is 19.2. The summed E-state index contributed by atoms with van der Waals surface area (Å²) < 4.78 is 22.2. The second-order valence-corrected chi connectivity index (χ2v) is 7.55. The second-order valence-electron chi connectivity index (χ2n) is 7.55. The van der Waals surface area contributed by atoms with Gasteiger partial charge in [0.15, 0.2) is 17.5 Å². The SMILES string of the molecule is CN=C(NCc1cc(OC)c(OC)c(OC)c1)NCC(c1ccc(C)o1)N1CCCC1. The molecule has 1 aromatic carbocycles. The van der Waals surface area contributed by atoms with Crippen LogP contribution in [-0.4, -0.2) is 58.9 Å². The third-order valence-corrected chi connectivity index (χ3v) is 5.54. The Kier molecular flexibility index (Phi) is 8.06. The van der Waals surface area contributed by atoms with Crippen LogP contribution >= 0.6 is 0 Å². The van der Waals surface area contributed by atoms with Gasteiger partial charge in [-0.25, -0.2) is 0 Å². The van der Waals surface area contributed by atoms with E-state index in [1.165, 1.54) is 12.8 Å². The number of aliphatic imine (C=N–C) groups is 1. The monoisotopic (exact) mass is 430 g/mol. The molecule has 1 aromatic heterocycles. The van der Waals surface area contributed by atoms with Crippen molar-refractivity contribution in [3.8, 4) is 17.2 Å². The van der Waals surface area contributed by atoms with E-state index in [-0.39, 0.29) is 6.04 Å². The Morgan fingerprint density at radius 1 is 1.06 bits per heavy atom. The van der Waals surface area contributed by atoms with E-state index in [0.29, 0.717) is 30.3 Å². The van der Waals surface area contributed by atoms with Crippen molar-refractivity contribution < 1.29 is 18.6 Å². The first kappa shape index (κ1) is 22.8. The molecule has 2 aromatic rings. The molecule has 2 heterocycles. The molecule has 1 aliphatic rings. The van der Waals surface area contributed by atoms with Crippen molar-refractivity contribution >= 4 is 5.96 Å². The number of aryl methyl sites for hydroxylation is 1. The predicted molar refractivity (Wildman–Crippen MR) is 121 cm³/mol. The smallest absolute Gasteiger partial charge is 0.203 e. The highest BCUT2D eigenvalue weighted by Gasteiger charge is 2.26. The number of guanidine groups is 1. The fraction of sp³-hybridized carbons (Fsp3) is 0.522. The van der Waals surface area contributed by atoms with Gasteiger partial charge in [-0.05, 0) is 62.7 Å². The molecule has 31 heavy (non-hydrogen) atoms. The van der Waals surface area contributed by atoms with Crippen LogP contribution in [-0.2, 0) is 6.54 Å². The summed E-state index contributed by atoms with van der Waals surface area (Å²) in [6, 6.07) is 8.14.